The highest BCUT2D eigenvalue weighted by Gasteiger charge is 2.39. The Hall–Kier alpha value is -3.17. The van der Waals surface area contributed by atoms with Crippen LogP contribution in [-0.2, 0) is 5.54 Å². The molecule has 0 radical (unpaired) electrons. The lowest BCUT2D eigenvalue weighted by atomic mass is 9.77. The van der Waals surface area contributed by atoms with E-state index in [1.165, 1.54) is 0 Å². The minimum absolute atomic E-state index is 0.345. The predicted octanol–water partition coefficient (Wildman–Crippen LogP) is 5.17. The Morgan fingerprint density at radius 1 is 0.759 bits per heavy atom. The van der Waals surface area contributed by atoms with Crippen LogP contribution in [0.15, 0.2) is 104 Å². The molecule has 0 aliphatic heterocycles. The molecule has 1 aliphatic rings. The summed E-state index contributed by atoms with van der Waals surface area (Å²) in [6.45, 7) is 0. The second kappa shape index (κ2) is 7.34. The van der Waals surface area contributed by atoms with Crippen LogP contribution in [0.3, 0.4) is 0 Å². The van der Waals surface area contributed by atoms with Gasteiger partial charge in [-0.2, -0.15) is 0 Å². The normalized spacial score (nSPS) is 15.2. The maximum atomic E-state index is 10.7. The van der Waals surface area contributed by atoms with Crippen molar-refractivity contribution in [3.63, 3.8) is 0 Å². The van der Waals surface area contributed by atoms with Crippen LogP contribution in [0.4, 0.5) is 0 Å². The molecule has 1 N–H and O–H groups in total. The molecular weight excluding hydrogens is 356 g/mol. The predicted molar refractivity (Wildman–Crippen MR) is 115 cm³/mol. The van der Waals surface area contributed by atoms with E-state index in [4.69, 9.17) is 0 Å². The van der Waals surface area contributed by atoms with Crippen LogP contribution in [0.25, 0.3) is 0 Å². The standard InChI is InChI=1S/C26H24N2O/c29-25(20-16-17-20)24-18-28(19-27-24)26(21-10-4-1-5-11-21,22-12-6-2-7-13-22)23-14-8-3-9-15-23/h1-15,18-20,25,29H,16-17H2. The third-order valence-electron chi connectivity index (χ3n) is 5.94. The first-order chi connectivity index (χ1) is 14.3. The van der Waals surface area contributed by atoms with Crippen molar-refractivity contribution >= 4 is 0 Å². The molecule has 29 heavy (non-hydrogen) atoms. The van der Waals surface area contributed by atoms with Gasteiger partial charge in [-0.3, -0.25) is 0 Å². The molecule has 3 aromatic carbocycles. The lowest BCUT2D eigenvalue weighted by Crippen LogP contribution is -2.37. The smallest absolute Gasteiger partial charge is 0.121 e. The Labute approximate surface area is 171 Å². The van der Waals surface area contributed by atoms with Gasteiger partial charge in [0, 0.05) is 6.20 Å². The van der Waals surface area contributed by atoms with Crippen molar-refractivity contribution < 1.29 is 5.11 Å². The van der Waals surface area contributed by atoms with Gasteiger partial charge in [-0.1, -0.05) is 91.0 Å². The number of aliphatic hydroxyl groups excluding tert-OH is 1. The summed E-state index contributed by atoms with van der Waals surface area (Å²) in [4.78, 5) is 4.63. The Bertz CT molecular complexity index is 973. The summed E-state index contributed by atoms with van der Waals surface area (Å²) in [7, 11) is 0. The first-order valence-electron chi connectivity index (χ1n) is 10.2. The van der Waals surface area contributed by atoms with Gasteiger partial charge in [-0.25, -0.2) is 4.98 Å². The van der Waals surface area contributed by atoms with Gasteiger partial charge in [0.05, 0.1) is 12.0 Å². The molecule has 4 aromatic rings. The second-order valence-corrected chi connectivity index (χ2v) is 7.80. The first kappa shape index (κ1) is 17.9. The van der Waals surface area contributed by atoms with Gasteiger partial charge < -0.3 is 9.67 Å². The first-order valence-corrected chi connectivity index (χ1v) is 10.2. The Kier molecular flexibility index (Phi) is 4.53. The van der Waals surface area contributed by atoms with E-state index < -0.39 is 11.6 Å². The molecular formula is C26H24N2O. The average Bonchev–Trinajstić information content (AvgIpc) is 3.53. The summed E-state index contributed by atoms with van der Waals surface area (Å²) in [5.41, 5.74) is 3.64. The molecule has 1 saturated carbocycles. The highest BCUT2D eigenvalue weighted by Crippen LogP contribution is 2.43. The van der Waals surface area contributed by atoms with Crippen molar-refractivity contribution in [3.05, 3.63) is 126 Å². The molecule has 0 amide bonds. The van der Waals surface area contributed by atoms with E-state index in [1.807, 2.05) is 30.7 Å². The van der Waals surface area contributed by atoms with Crippen LogP contribution in [0.5, 0.6) is 0 Å². The van der Waals surface area contributed by atoms with Gasteiger partial charge in [0.25, 0.3) is 0 Å². The van der Waals surface area contributed by atoms with Gasteiger partial charge in [-0.15, -0.1) is 0 Å². The number of nitrogens with zero attached hydrogens (tertiary/aromatic N) is 2. The summed E-state index contributed by atoms with van der Waals surface area (Å²) in [6, 6.07) is 31.6. The minimum atomic E-state index is -0.571. The third kappa shape index (κ3) is 3.08. The molecule has 1 aliphatic carbocycles. The summed E-state index contributed by atoms with van der Waals surface area (Å²) < 4.78 is 2.16. The highest BCUT2D eigenvalue weighted by atomic mass is 16.3. The van der Waals surface area contributed by atoms with Crippen LogP contribution in [0, 0.1) is 5.92 Å². The Balaban J connectivity index is 1.79. The van der Waals surface area contributed by atoms with Crippen LogP contribution in [-0.4, -0.2) is 14.7 Å². The van der Waals surface area contributed by atoms with E-state index >= 15 is 0 Å². The summed E-state index contributed by atoms with van der Waals surface area (Å²) in [5.74, 6) is 0.345. The van der Waals surface area contributed by atoms with Crippen molar-refractivity contribution in [1.29, 1.82) is 0 Å². The SMILES string of the molecule is OC(c1cn(C(c2ccccc2)(c2ccccc2)c2ccccc2)cn1)C1CC1. The number of aromatic nitrogens is 2. The van der Waals surface area contributed by atoms with E-state index in [0.29, 0.717) is 5.92 Å². The van der Waals surface area contributed by atoms with E-state index in [-0.39, 0.29) is 0 Å². The van der Waals surface area contributed by atoms with E-state index in [1.54, 1.807) is 0 Å². The number of hydrogen-bond acceptors (Lipinski definition) is 2. The largest absolute Gasteiger partial charge is 0.386 e. The summed E-state index contributed by atoms with van der Waals surface area (Å²) in [5, 5.41) is 10.7. The molecule has 144 valence electrons. The molecule has 1 aromatic heterocycles. The zero-order chi connectivity index (χ0) is 19.7. The fourth-order valence-corrected chi connectivity index (χ4v) is 4.31. The van der Waals surface area contributed by atoms with Gasteiger partial charge >= 0.3 is 0 Å². The second-order valence-electron chi connectivity index (χ2n) is 7.80. The molecule has 0 bridgehead atoms. The lowest BCUT2D eigenvalue weighted by Gasteiger charge is -2.37. The lowest BCUT2D eigenvalue weighted by molar-refractivity contribution is 0.149. The number of imidazole rings is 1. The molecule has 1 fully saturated rings. The quantitative estimate of drug-likeness (QED) is 0.469. The van der Waals surface area contributed by atoms with E-state index in [2.05, 4.69) is 82.3 Å². The molecule has 1 unspecified atom stereocenters. The van der Waals surface area contributed by atoms with E-state index in [9.17, 15) is 5.11 Å². The highest BCUT2D eigenvalue weighted by molar-refractivity contribution is 5.50. The maximum Gasteiger partial charge on any atom is 0.121 e. The molecule has 1 heterocycles. The molecule has 3 nitrogen and oxygen atoms in total. The van der Waals surface area contributed by atoms with Gasteiger partial charge in [-0.05, 0) is 35.4 Å². The molecule has 1 atom stereocenters. The Morgan fingerprint density at radius 2 is 1.21 bits per heavy atom. The van der Waals surface area contributed by atoms with Crippen LogP contribution >= 0.6 is 0 Å². The van der Waals surface area contributed by atoms with Crippen molar-refractivity contribution in [2.75, 3.05) is 0 Å². The number of rotatable bonds is 6. The third-order valence-corrected chi connectivity index (χ3v) is 5.94. The maximum absolute atomic E-state index is 10.7. The van der Waals surface area contributed by atoms with Crippen LogP contribution in [0.2, 0.25) is 0 Å². The summed E-state index contributed by atoms with van der Waals surface area (Å²) in [6.07, 6.45) is 5.56. The van der Waals surface area contributed by atoms with Crippen molar-refractivity contribution in [2.45, 2.75) is 24.5 Å². The number of benzene rings is 3. The number of aliphatic hydroxyl groups is 1. The van der Waals surface area contributed by atoms with Gasteiger partial charge in [0.15, 0.2) is 0 Å². The van der Waals surface area contributed by atoms with Crippen molar-refractivity contribution in [1.82, 2.24) is 9.55 Å². The molecule has 3 heteroatoms. The van der Waals surface area contributed by atoms with Gasteiger partial charge in [0.2, 0.25) is 0 Å². The van der Waals surface area contributed by atoms with Gasteiger partial charge in [0.1, 0.15) is 11.6 Å². The topological polar surface area (TPSA) is 38.0 Å². The summed E-state index contributed by atoms with van der Waals surface area (Å²) >= 11 is 0. The zero-order valence-electron chi connectivity index (χ0n) is 16.2. The van der Waals surface area contributed by atoms with Crippen molar-refractivity contribution in [3.8, 4) is 0 Å². The Morgan fingerprint density at radius 3 is 1.62 bits per heavy atom. The van der Waals surface area contributed by atoms with Crippen LogP contribution < -0.4 is 0 Å². The zero-order valence-corrected chi connectivity index (χ0v) is 16.2. The average molecular weight is 380 g/mol. The monoisotopic (exact) mass is 380 g/mol. The molecule has 0 spiro atoms. The molecule has 0 saturated heterocycles. The number of hydrogen-bond donors (Lipinski definition) is 1. The van der Waals surface area contributed by atoms with Crippen LogP contribution in [0.1, 0.15) is 41.3 Å². The molecule has 5 rings (SSSR count). The minimum Gasteiger partial charge on any atom is -0.386 e. The van der Waals surface area contributed by atoms with Crippen molar-refractivity contribution in [2.24, 2.45) is 5.92 Å². The van der Waals surface area contributed by atoms with E-state index in [0.717, 1.165) is 35.2 Å². The fourth-order valence-electron chi connectivity index (χ4n) is 4.31. The fraction of sp³-hybridized carbons (Fsp3) is 0.192.